The van der Waals surface area contributed by atoms with E-state index in [0.717, 1.165) is 36.8 Å². The van der Waals surface area contributed by atoms with Gasteiger partial charge in [0.2, 0.25) is 16.0 Å². The SMILES string of the molecule is CS(=O)(=O)N1CCc2ccc(Nc3nc(N[C@@H]4CCCC[C@@H]4N)ncc3C(N)=O)cc2C1. The van der Waals surface area contributed by atoms with E-state index in [2.05, 4.69) is 20.6 Å². The third-order valence-electron chi connectivity index (χ3n) is 6.10. The lowest BCUT2D eigenvalue weighted by Gasteiger charge is -2.29. The zero-order chi connectivity index (χ0) is 22.9. The molecular weight excluding hydrogens is 430 g/mol. The standard InChI is InChI=1S/C21H29N7O3S/c1-32(30,31)28-9-8-13-6-7-15(10-14(13)12-28)25-20-16(19(23)29)11-24-21(27-20)26-18-5-3-2-4-17(18)22/h6-7,10-11,17-18H,2-5,8-9,12,22H2,1H3,(H2,23,29)(H2,24,25,26,27)/t17-,18+/m0/s1. The van der Waals surface area contributed by atoms with E-state index >= 15 is 0 Å². The van der Waals surface area contributed by atoms with E-state index < -0.39 is 15.9 Å². The summed E-state index contributed by atoms with van der Waals surface area (Å²) in [4.78, 5) is 20.7. The van der Waals surface area contributed by atoms with Gasteiger partial charge in [0.25, 0.3) is 5.91 Å². The monoisotopic (exact) mass is 459 g/mol. The summed E-state index contributed by atoms with van der Waals surface area (Å²) < 4.78 is 25.3. The van der Waals surface area contributed by atoms with Gasteiger partial charge in [-0.25, -0.2) is 13.4 Å². The van der Waals surface area contributed by atoms with Crippen molar-refractivity contribution >= 4 is 33.4 Å². The van der Waals surface area contributed by atoms with Crippen LogP contribution in [-0.4, -0.2) is 53.5 Å². The van der Waals surface area contributed by atoms with Crippen LogP contribution in [-0.2, 0) is 23.0 Å². The highest BCUT2D eigenvalue weighted by Gasteiger charge is 2.25. The molecule has 1 fully saturated rings. The number of nitrogens with one attached hydrogen (secondary N) is 2. The lowest BCUT2D eigenvalue weighted by molar-refractivity contribution is 0.100. The summed E-state index contributed by atoms with van der Waals surface area (Å²) in [5, 5.41) is 6.44. The summed E-state index contributed by atoms with van der Waals surface area (Å²) in [6.45, 7) is 0.775. The van der Waals surface area contributed by atoms with Crippen LogP contribution in [0.1, 0.15) is 47.2 Å². The Morgan fingerprint density at radius 1 is 1.22 bits per heavy atom. The molecule has 10 nitrogen and oxygen atoms in total. The van der Waals surface area contributed by atoms with E-state index in [4.69, 9.17) is 11.5 Å². The molecule has 0 unspecified atom stereocenters. The molecule has 1 aliphatic heterocycles. The molecule has 0 saturated heterocycles. The maximum atomic E-state index is 11.9. The highest BCUT2D eigenvalue weighted by molar-refractivity contribution is 7.88. The molecule has 0 radical (unpaired) electrons. The number of sulfonamides is 1. The molecule has 2 heterocycles. The van der Waals surface area contributed by atoms with Gasteiger partial charge in [-0.2, -0.15) is 9.29 Å². The second-order valence-electron chi connectivity index (χ2n) is 8.47. The number of rotatable bonds is 6. The second kappa shape index (κ2) is 9.00. The number of carbonyl (C=O) groups excluding carboxylic acids is 1. The van der Waals surface area contributed by atoms with Crippen LogP contribution in [0, 0.1) is 0 Å². The number of aromatic nitrogens is 2. The van der Waals surface area contributed by atoms with Crippen LogP contribution >= 0.6 is 0 Å². The first-order chi connectivity index (χ1) is 15.2. The third-order valence-corrected chi connectivity index (χ3v) is 7.35. The van der Waals surface area contributed by atoms with Crippen molar-refractivity contribution in [3.05, 3.63) is 41.1 Å². The Labute approximate surface area is 187 Å². The lowest BCUT2D eigenvalue weighted by Crippen LogP contribution is -2.43. The van der Waals surface area contributed by atoms with Gasteiger partial charge in [-0.3, -0.25) is 4.79 Å². The van der Waals surface area contributed by atoms with E-state index in [0.29, 0.717) is 31.1 Å². The predicted octanol–water partition coefficient (Wildman–Crippen LogP) is 1.32. The molecule has 2 aromatic rings. The zero-order valence-corrected chi connectivity index (χ0v) is 18.9. The first-order valence-electron chi connectivity index (χ1n) is 10.7. The van der Waals surface area contributed by atoms with Gasteiger partial charge in [0, 0.05) is 37.1 Å². The fourth-order valence-corrected chi connectivity index (χ4v) is 5.06. The maximum absolute atomic E-state index is 11.9. The molecule has 11 heteroatoms. The van der Waals surface area contributed by atoms with Gasteiger partial charge in [0.1, 0.15) is 11.4 Å². The van der Waals surface area contributed by atoms with Crippen LogP contribution in [0.15, 0.2) is 24.4 Å². The Morgan fingerprint density at radius 3 is 2.72 bits per heavy atom. The van der Waals surface area contributed by atoms with Crippen LogP contribution in [0.25, 0.3) is 0 Å². The number of hydrogen-bond acceptors (Lipinski definition) is 8. The molecule has 172 valence electrons. The van der Waals surface area contributed by atoms with Crippen molar-refractivity contribution in [3.63, 3.8) is 0 Å². The number of benzene rings is 1. The molecule has 1 aromatic heterocycles. The van der Waals surface area contributed by atoms with Crippen molar-refractivity contribution in [3.8, 4) is 0 Å². The van der Waals surface area contributed by atoms with Gasteiger partial charge in [0.05, 0.1) is 6.26 Å². The van der Waals surface area contributed by atoms with Crippen molar-refractivity contribution < 1.29 is 13.2 Å². The Morgan fingerprint density at radius 2 is 2.00 bits per heavy atom. The number of amides is 1. The smallest absolute Gasteiger partial charge is 0.254 e. The van der Waals surface area contributed by atoms with E-state index in [9.17, 15) is 13.2 Å². The third kappa shape index (κ3) is 5.00. The molecule has 2 aliphatic rings. The van der Waals surface area contributed by atoms with Gasteiger partial charge in [0.15, 0.2) is 0 Å². The van der Waals surface area contributed by atoms with Gasteiger partial charge < -0.3 is 22.1 Å². The molecule has 6 N–H and O–H groups in total. The predicted molar refractivity (Wildman–Crippen MR) is 123 cm³/mol. The Kier molecular flexibility index (Phi) is 6.31. The van der Waals surface area contributed by atoms with Crippen LogP contribution in [0.3, 0.4) is 0 Å². The van der Waals surface area contributed by atoms with Gasteiger partial charge in [-0.1, -0.05) is 18.9 Å². The van der Waals surface area contributed by atoms with Crippen molar-refractivity contribution in [1.29, 1.82) is 0 Å². The van der Waals surface area contributed by atoms with Crippen LogP contribution in [0.4, 0.5) is 17.5 Å². The summed E-state index contributed by atoms with van der Waals surface area (Å²) in [5.41, 5.74) is 14.6. The summed E-state index contributed by atoms with van der Waals surface area (Å²) in [7, 11) is -3.27. The number of primary amides is 1. The van der Waals surface area contributed by atoms with Gasteiger partial charge >= 0.3 is 0 Å². The number of hydrogen-bond donors (Lipinski definition) is 4. The van der Waals surface area contributed by atoms with E-state index in [1.165, 1.54) is 16.8 Å². The number of nitrogens with zero attached hydrogens (tertiary/aromatic N) is 3. The maximum Gasteiger partial charge on any atom is 0.254 e. The van der Waals surface area contributed by atoms with Crippen molar-refractivity contribution in [2.45, 2.75) is 50.7 Å². The number of anilines is 3. The Bertz CT molecular complexity index is 1120. The van der Waals surface area contributed by atoms with Gasteiger partial charge in [-0.05, 0) is 42.5 Å². The topological polar surface area (TPSA) is 156 Å². The quantitative estimate of drug-likeness (QED) is 0.504. The average molecular weight is 460 g/mol. The van der Waals surface area contributed by atoms with E-state index in [-0.39, 0.29) is 23.5 Å². The molecule has 1 amide bonds. The van der Waals surface area contributed by atoms with E-state index in [1.54, 1.807) is 0 Å². The van der Waals surface area contributed by atoms with Crippen molar-refractivity contribution in [2.24, 2.45) is 11.5 Å². The minimum absolute atomic E-state index is 0.0259. The molecule has 0 bridgehead atoms. The van der Waals surface area contributed by atoms with Crippen molar-refractivity contribution in [1.82, 2.24) is 14.3 Å². The summed E-state index contributed by atoms with van der Waals surface area (Å²) in [6, 6.07) is 5.82. The molecule has 1 saturated carbocycles. The molecule has 1 aliphatic carbocycles. The summed E-state index contributed by atoms with van der Waals surface area (Å²) >= 11 is 0. The van der Waals surface area contributed by atoms with Crippen LogP contribution in [0.2, 0.25) is 0 Å². The molecule has 0 spiro atoms. The largest absolute Gasteiger partial charge is 0.365 e. The number of carbonyl (C=O) groups is 1. The lowest BCUT2D eigenvalue weighted by atomic mass is 9.91. The Hall–Kier alpha value is -2.76. The Balaban J connectivity index is 1.58. The minimum Gasteiger partial charge on any atom is -0.365 e. The number of fused-ring (bicyclic) bond motifs is 1. The van der Waals surface area contributed by atoms with Crippen molar-refractivity contribution in [2.75, 3.05) is 23.4 Å². The highest BCUT2D eigenvalue weighted by atomic mass is 32.2. The summed E-state index contributed by atoms with van der Waals surface area (Å²) in [5.74, 6) is 0.0193. The van der Waals surface area contributed by atoms with Crippen LogP contribution < -0.4 is 22.1 Å². The molecule has 2 atom stereocenters. The average Bonchev–Trinajstić information content (AvgIpc) is 2.74. The summed E-state index contributed by atoms with van der Waals surface area (Å²) in [6.07, 6.45) is 7.36. The molecular formula is C21H29N7O3S. The number of nitrogens with two attached hydrogens (primary N) is 2. The highest BCUT2D eigenvalue weighted by Crippen LogP contribution is 2.27. The molecule has 32 heavy (non-hydrogen) atoms. The van der Waals surface area contributed by atoms with E-state index in [1.807, 2.05) is 18.2 Å². The first-order valence-corrected chi connectivity index (χ1v) is 12.6. The molecule has 1 aromatic carbocycles. The second-order valence-corrected chi connectivity index (χ2v) is 10.5. The first kappa shape index (κ1) is 22.4. The normalized spacial score (nSPS) is 21.6. The molecule has 4 rings (SSSR count). The van der Waals surface area contributed by atoms with Crippen LogP contribution in [0.5, 0.6) is 0 Å². The fourth-order valence-electron chi connectivity index (χ4n) is 4.26. The zero-order valence-electron chi connectivity index (χ0n) is 18.0. The fraction of sp³-hybridized carbons (Fsp3) is 0.476. The minimum atomic E-state index is -3.27. The van der Waals surface area contributed by atoms with Gasteiger partial charge in [-0.15, -0.1) is 0 Å².